The van der Waals surface area contributed by atoms with Crippen LogP contribution < -0.4 is 0 Å². The van der Waals surface area contributed by atoms with Gasteiger partial charge in [0.05, 0.1) is 5.69 Å². The molecule has 0 spiro atoms. The summed E-state index contributed by atoms with van der Waals surface area (Å²) in [5.74, 6) is -0.220. The highest BCUT2D eigenvalue weighted by Crippen LogP contribution is 2.41. The van der Waals surface area contributed by atoms with Crippen molar-refractivity contribution in [2.45, 2.75) is 50.7 Å². The Hall–Kier alpha value is -1.92. The topological polar surface area (TPSA) is 71.2 Å². The van der Waals surface area contributed by atoms with Crippen molar-refractivity contribution in [2.24, 2.45) is 5.92 Å². The van der Waals surface area contributed by atoms with E-state index >= 15 is 0 Å². The van der Waals surface area contributed by atoms with Gasteiger partial charge in [-0.2, -0.15) is 5.10 Å². The average Bonchev–Trinajstić information content (AvgIpc) is 3.25. The first-order chi connectivity index (χ1) is 12.1. The Bertz CT molecular complexity index is 764. The summed E-state index contributed by atoms with van der Waals surface area (Å²) >= 11 is 6.17. The van der Waals surface area contributed by atoms with Crippen molar-refractivity contribution < 1.29 is 9.90 Å². The molecule has 0 bridgehead atoms. The van der Waals surface area contributed by atoms with Crippen LogP contribution >= 0.6 is 11.6 Å². The summed E-state index contributed by atoms with van der Waals surface area (Å²) in [6.07, 6.45) is 8.50. The van der Waals surface area contributed by atoms with Gasteiger partial charge in [-0.15, -0.1) is 0 Å². The molecule has 6 nitrogen and oxygen atoms in total. The number of nitrogens with zero attached hydrogens (tertiary/aromatic N) is 4. The molecule has 7 heteroatoms. The highest BCUT2D eigenvalue weighted by Gasteiger charge is 2.45. The minimum Gasteiger partial charge on any atom is -0.480 e. The van der Waals surface area contributed by atoms with E-state index in [9.17, 15) is 9.90 Å². The predicted molar refractivity (Wildman–Crippen MR) is 93.7 cm³/mol. The maximum atomic E-state index is 11.8. The number of fused-ring (bicyclic) bond motifs is 1. The summed E-state index contributed by atoms with van der Waals surface area (Å²) in [5.41, 5.74) is 1.88. The third-order valence-corrected chi connectivity index (χ3v) is 5.81. The van der Waals surface area contributed by atoms with Crippen LogP contribution in [0.3, 0.4) is 0 Å². The maximum absolute atomic E-state index is 11.8. The van der Waals surface area contributed by atoms with Gasteiger partial charge in [0, 0.05) is 17.6 Å². The molecule has 1 aromatic heterocycles. The Morgan fingerprint density at radius 2 is 2.16 bits per heavy atom. The molecule has 1 aromatic carbocycles. The highest BCUT2D eigenvalue weighted by molar-refractivity contribution is 6.30. The fourth-order valence-corrected chi connectivity index (χ4v) is 4.60. The molecule has 1 aliphatic carbocycles. The number of carboxylic acids is 1. The van der Waals surface area contributed by atoms with Crippen LogP contribution in [0.2, 0.25) is 5.02 Å². The second-order valence-corrected chi connectivity index (χ2v) is 7.42. The number of hydrogen-bond donors (Lipinski definition) is 1. The van der Waals surface area contributed by atoms with E-state index in [0.29, 0.717) is 23.5 Å². The van der Waals surface area contributed by atoms with Gasteiger partial charge in [-0.25, -0.2) is 9.67 Å². The van der Waals surface area contributed by atoms with Gasteiger partial charge in [-0.05, 0) is 42.9 Å². The van der Waals surface area contributed by atoms with Gasteiger partial charge in [0.25, 0.3) is 0 Å². The molecule has 3 atom stereocenters. The minimum atomic E-state index is -0.717. The van der Waals surface area contributed by atoms with Gasteiger partial charge in [0.2, 0.25) is 0 Å². The van der Waals surface area contributed by atoms with E-state index in [0.717, 1.165) is 30.5 Å². The number of carboxylic acid groups (broad SMARTS) is 1. The van der Waals surface area contributed by atoms with Crippen LogP contribution in [0, 0.1) is 5.92 Å². The number of halogens is 1. The quantitative estimate of drug-likeness (QED) is 0.906. The van der Waals surface area contributed by atoms with E-state index < -0.39 is 12.0 Å². The second kappa shape index (κ2) is 6.77. The molecule has 0 radical (unpaired) electrons. The summed E-state index contributed by atoms with van der Waals surface area (Å²) in [6, 6.07) is 5.62. The normalized spacial score (nSPS) is 26.5. The third kappa shape index (κ3) is 3.16. The van der Waals surface area contributed by atoms with Gasteiger partial charge in [-0.3, -0.25) is 9.69 Å². The maximum Gasteiger partial charge on any atom is 0.320 e. The molecular weight excluding hydrogens is 340 g/mol. The van der Waals surface area contributed by atoms with Crippen molar-refractivity contribution in [1.29, 1.82) is 0 Å². The van der Waals surface area contributed by atoms with E-state index in [-0.39, 0.29) is 0 Å². The zero-order valence-electron chi connectivity index (χ0n) is 13.9. The molecular formula is C18H21ClN4O2. The second-order valence-electron chi connectivity index (χ2n) is 6.99. The molecule has 1 N–H and O–H groups in total. The minimum absolute atomic E-state index is 0.356. The fourth-order valence-electron chi connectivity index (χ4n) is 4.44. The van der Waals surface area contributed by atoms with Crippen molar-refractivity contribution >= 4 is 17.6 Å². The van der Waals surface area contributed by atoms with Crippen molar-refractivity contribution in [3.8, 4) is 5.69 Å². The molecule has 2 aromatic rings. The largest absolute Gasteiger partial charge is 0.480 e. The molecule has 132 valence electrons. The number of aliphatic carboxylic acids is 1. The molecule has 3 unspecified atom stereocenters. The van der Waals surface area contributed by atoms with Crippen LogP contribution in [0.25, 0.3) is 5.69 Å². The van der Waals surface area contributed by atoms with Gasteiger partial charge in [0.1, 0.15) is 18.7 Å². The molecule has 4 rings (SSSR count). The highest BCUT2D eigenvalue weighted by atomic mass is 35.5. The molecule has 1 saturated heterocycles. The van der Waals surface area contributed by atoms with Crippen molar-refractivity contribution in [3.05, 3.63) is 41.4 Å². The smallest absolute Gasteiger partial charge is 0.320 e. The monoisotopic (exact) mass is 360 g/mol. The number of aromatic nitrogens is 3. The van der Waals surface area contributed by atoms with Crippen LogP contribution in [-0.2, 0) is 11.3 Å². The Morgan fingerprint density at radius 3 is 2.92 bits per heavy atom. The number of hydrogen-bond acceptors (Lipinski definition) is 4. The first-order valence-corrected chi connectivity index (χ1v) is 9.13. The summed E-state index contributed by atoms with van der Waals surface area (Å²) in [6.45, 7) is 0.588. The van der Waals surface area contributed by atoms with E-state index in [1.54, 1.807) is 11.0 Å². The lowest BCUT2D eigenvalue weighted by atomic mass is 9.84. The third-order valence-electron chi connectivity index (χ3n) is 5.57. The Kier molecular flexibility index (Phi) is 4.48. The summed E-state index contributed by atoms with van der Waals surface area (Å²) in [7, 11) is 0. The van der Waals surface area contributed by atoms with Crippen LogP contribution in [0.15, 0.2) is 30.9 Å². The summed E-state index contributed by atoms with van der Waals surface area (Å²) in [5, 5.41) is 14.6. The Morgan fingerprint density at radius 1 is 1.32 bits per heavy atom. The van der Waals surface area contributed by atoms with Gasteiger partial charge >= 0.3 is 5.97 Å². The van der Waals surface area contributed by atoms with Crippen LogP contribution in [0.4, 0.5) is 0 Å². The van der Waals surface area contributed by atoms with Crippen molar-refractivity contribution in [3.63, 3.8) is 0 Å². The molecule has 1 saturated carbocycles. The lowest BCUT2D eigenvalue weighted by Gasteiger charge is -2.33. The molecule has 2 fully saturated rings. The molecule has 0 amide bonds. The average molecular weight is 361 g/mol. The van der Waals surface area contributed by atoms with Crippen LogP contribution in [0.5, 0.6) is 0 Å². The molecule has 1 aliphatic heterocycles. The standard InChI is InChI=1S/C18H21ClN4O2/c19-14-6-5-13(16(8-14)23-11-20-10-21-23)9-22-15-4-2-1-3-12(15)7-17(22)18(24)25/h5-6,8,10-12,15,17H,1-4,7,9H2,(H,24,25). The lowest BCUT2D eigenvalue weighted by Crippen LogP contribution is -2.41. The van der Waals surface area contributed by atoms with Gasteiger partial charge in [0.15, 0.2) is 0 Å². The fraction of sp³-hybridized carbons (Fsp3) is 0.500. The number of benzene rings is 1. The van der Waals surface area contributed by atoms with Gasteiger partial charge in [-0.1, -0.05) is 30.5 Å². The zero-order valence-corrected chi connectivity index (χ0v) is 14.6. The summed E-state index contributed by atoms with van der Waals surface area (Å²) < 4.78 is 1.69. The van der Waals surface area contributed by atoms with E-state index in [1.807, 2.05) is 18.2 Å². The van der Waals surface area contributed by atoms with E-state index in [4.69, 9.17) is 11.6 Å². The molecule has 2 heterocycles. The van der Waals surface area contributed by atoms with E-state index in [2.05, 4.69) is 15.0 Å². The predicted octanol–water partition coefficient (Wildman–Crippen LogP) is 3.14. The zero-order chi connectivity index (χ0) is 17.4. The number of rotatable bonds is 4. The Labute approximate surface area is 151 Å². The first kappa shape index (κ1) is 16.5. The van der Waals surface area contributed by atoms with Crippen LogP contribution in [-0.4, -0.2) is 42.8 Å². The Balaban J connectivity index is 1.67. The SMILES string of the molecule is O=C(O)C1CC2CCCCC2N1Cc1ccc(Cl)cc1-n1cncn1. The number of likely N-dealkylation sites (tertiary alicyclic amines) is 1. The van der Waals surface area contributed by atoms with Gasteiger partial charge < -0.3 is 5.11 Å². The van der Waals surface area contributed by atoms with E-state index in [1.165, 1.54) is 19.2 Å². The lowest BCUT2D eigenvalue weighted by molar-refractivity contribution is -0.142. The van der Waals surface area contributed by atoms with Crippen LogP contribution in [0.1, 0.15) is 37.7 Å². The number of carbonyl (C=O) groups is 1. The molecule has 2 aliphatic rings. The van der Waals surface area contributed by atoms with Crippen molar-refractivity contribution in [2.75, 3.05) is 0 Å². The first-order valence-electron chi connectivity index (χ1n) is 8.75. The van der Waals surface area contributed by atoms with Crippen molar-refractivity contribution in [1.82, 2.24) is 19.7 Å². The summed E-state index contributed by atoms with van der Waals surface area (Å²) in [4.78, 5) is 18.0. The molecule has 25 heavy (non-hydrogen) atoms.